The Bertz CT molecular complexity index is 779. The molecule has 0 amide bonds. The molecule has 0 saturated heterocycles. The highest BCUT2D eigenvalue weighted by atomic mass is 35.5. The molecule has 0 radical (unpaired) electrons. The van der Waals surface area contributed by atoms with Crippen LogP contribution in [0.5, 0.6) is 0 Å². The number of hydroxylamine groups is 1. The Morgan fingerprint density at radius 1 is 1.23 bits per heavy atom. The maximum Gasteiger partial charge on any atom is 0.349 e. The van der Waals surface area contributed by atoms with Crippen molar-refractivity contribution >= 4 is 41.4 Å². The van der Waals surface area contributed by atoms with E-state index in [4.69, 9.17) is 16.4 Å². The van der Waals surface area contributed by atoms with Crippen LogP contribution in [0.25, 0.3) is 5.70 Å². The summed E-state index contributed by atoms with van der Waals surface area (Å²) in [5.74, 6) is 0.143. The van der Waals surface area contributed by atoms with Gasteiger partial charge in [0.15, 0.2) is 0 Å². The Morgan fingerprint density at radius 3 is 2.62 bits per heavy atom. The standard InChI is InChI=1S/C19H19ClN2O3S/c1-14(15-7-9-18(20)10-8-15)22-25-12-16-5-3-4-6-17(16)13-26-21-11-19(23)24-2/h3-11,22H,1,12-13H2,2H3. The van der Waals surface area contributed by atoms with E-state index in [0.29, 0.717) is 23.1 Å². The molecule has 0 saturated carbocycles. The zero-order valence-electron chi connectivity index (χ0n) is 14.3. The van der Waals surface area contributed by atoms with Gasteiger partial charge in [-0.3, -0.25) is 10.3 Å². The topological polar surface area (TPSA) is 59.9 Å². The lowest BCUT2D eigenvalue weighted by Gasteiger charge is -2.12. The number of halogens is 1. The summed E-state index contributed by atoms with van der Waals surface area (Å²) < 4.78 is 8.47. The lowest BCUT2D eigenvalue weighted by Crippen LogP contribution is -2.12. The second-order valence-corrected chi connectivity index (χ2v) is 6.37. The molecule has 0 atom stereocenters. The fourth-order valence-corrected chi connectivity index (χ4v) is 2.77. The first-order chi connectivity index (χ1) is 12.6. The van der Waals surface area contributed by atoms with Gasteiger partial charge in [-0.05, 0) is 40.8 Å². The number of methoxy groups -OCH3 is 1. The molecule has 0 bridgehead atoms. The predicted molar refractivity (Wildman–Crippen MR) is 107 cm³/mol. The molecular formula is C19H19ClN2O3S. The number of nitrogens with zero attached hydrogens (tertiary/aromatic N) is 1. The fraction of sp³-hybridized carbons (Fsp3) is 0.158. The van der Waals surface area contributed by atoms with Gasteiger partial charge in [0.1, 0.15) is 6.21 Å². The Morgan fingerprint density at radius 2 is 1.92 bits per heavy atom. The van der Waals surface area contributed by atoms with Gasteiger partial charge in [-0.25, -0.2) is 9.19 Å². The van der Waals surface area contributed by atoms with Crippen LogP contribution in [0, 0.1) is 0 Å². The second kappa shape index (κ2) is 10.7. The highest BCUT2D eigenvalue weighted by molar-refractivity contribution is 7.97. The van der Waals surface area contributed by atoms with E-state index in [-0.39, 0.29) is 0 Å². The molecule has 1 N–H and O–H groups in total. The van der Waals surface area contributed by atoms with E-state index in [1.54, 1.807) is 12.1 Å². The van der Waals surface area contributed by atoms with Crippen molar-refractivity contribution in [1.82, 2.24) is 5.48 Å². The smallest absolute Gasteiger partial charge is 0.349 e. The molecule has 5 nitrogen and oxygen atoms in total. The largest absolute Gasteiger partial charge is 0.465 e. The first-order valence-electron chi connectivity index (χ1n) is 7.73. The van der Waals surface area contributed by atoms with Crippen LogP contribution < -0.4 is 5.48 Å². The molecule has 2 rings (SSSR count). The molecule has 7 heteroatoms. The molecule has 0 fully saturated rings. The van der Waals surface area contributed by atoms with Crippen LogP contribution in [0.2, 0.25) is 5.02 Å². The minimum Gasteiger partial charge on any atom is -0.465 e. The number of hydrogen-bond donors (Lipinski definition) is 1. The molecule has 0 aliphatic heterocycles. The summed E-state index contributed by atoms with van der Waals surface area (Å²) in [4.78, 5) is 16.6. The van der Waals surface area contributed by atoms with Crippen molar-refractivity contribution in [3.63, 3.8) is 0 Å². The van der Waals surface area contributed by atoms with Gasteiger partial charge >= 0.3 is 5.97 Å². The van der Waals surface area contributed by atoms with Crippen LogP contribution in [0.4, 0.5) is 0 Å². The Balaban J connectivity index is 1.85. The van der Waals surface area contributed by atoms with Gasteiger partial charge in [0.2, 0.25) is 0 Å². The van der Waals surface area contributed by atoms with E-state index in [1.165, 1.54) is 19.1 Å². The highest BCUT2D eigenvalue weighted by Crippen LogP contribution is 2.19. The molecule has 0 unspecified atom stereocenters. The normalized spacial score (nSPS) is 10.7. The van der Waals surface area contributed by atoms with Gasteiger partial charge in [0.05, 0.1) is 19.4 Å². The number of ether oxygens (including phenoxy) is 1. The van der Waals surface area contributed by atoms with Crippen LogP contribution in [-0.4, -0.2) is 19.3 Å². The van der Waals surface area contributed by atoms with Crippen molar-refractivity contribution in [3.05, 3.63) is 76.8 Å². The summed E-state index contributed by atoms with van der Waals surface area (Å²) in [7, 11) is 1.32. The number of carbonyl (C=O) groups excluding carboxylic acids is 1. The molecule has 2 aromatic carbocycles. The molecule has 0 aliphatic carbocycles. The SMILES string of the molecule is C=C(NOCc1ccccc1CSN=CC(=O)OC)c1ccc(Cl)cc1. The Labute approximate surface area is 162 Å². The first kappa shape index (κ1) is 20.0. The third-order valence-electron chi connectivity index (χ3n) is 3.39. The summed E-state index contributed by atoms with van der Waals surface area (Å²) in [5, 5.41) is 0.670. The zero-order valence-corrected chi connectivity index (χ0v) is 15.8. The van der Waals surface area contributed by atoms with Gasteiger partial charge in [0.25, 0.3) is 0 Å². The van der Waals surface area contributed by atoms with E-state index in [9.17, 15) is 4.79 Å². The molecule has 0 aliphatic rings. The number of hydrogen-bond acceptors (Lipinski definition) is 6. The fourth-order valence-electron chi connectivity index (χ4n) is 1.99. The van der Waals surface area contributed by atoms with Crippen LogP contribution >= 0.6 is 23.5 Å². The minimum atomic E-state index is -0.473. The van der Waals surface area contributed by atoms with Crippen LogP contribution in [-0.2, 0) is 26.7 Å². The van der Waals surface area contributed by atoms with Crippen molar-refractivity contribution in [2.45, 2.75) is 12.4 Å². The van der Waals surface area contributed by atoms with Crippen molar-refractivity contribution in [2.75, 3.05) is 7.11 Å². The van der Waals surface area contributed by atoms with E-state index in [1.807, 2.05) is 36.4 Å². The van der Waals surface area contributed by atoms with Gasteiger partial charge in [-0.15, -0.1) is 0 Å². The average Bonchev–Trinajstić information content (AvgIpc) is 2.66. The molecule has 0 spiro atoms. The summed E-state index contributed by atoms with van der Waals surface area (Å²) in [6.07, 6.45) is 1.15. The van der Waals surface area contributed by atoms with Gasteiger partial charge in [0, 0.05) is 10.8 Å². The molecule has 26 heavy (non-hydrogen) atoms. The summed E-state index contributed by atoms with van der Waals surface area (Å²) in [6, 6.07) is 15.2. The van der Waals surface area contributed by atoms with E-state index >= 15 is 0 Å². The first-order valence-corrected chi connectivity index (χ1v) is 9.05. The van der Waals surface area contributed by atoms with Crippen LogP contribution in [0.15, 0.2) is 59.5 Å². The maximum atomic E-state index is 11.0. The van der Waals surface area contributed by atoms with E-state index in [2.05, 4.69) is 21.2 Å². The third-order valence-corrected chi connectivity index (χ3v) is 4.33. The number of esters is 1. The maximum absolute atomic E-state index is 11.0. The molecule has 2 aromatic rings. The molecule has 0 aromatic heterocycles. The van der Waals surface area contributed by atoms with Crippen molar-refractivity contribution in [3.8, 4) is 0 Å². The Kier molecular flexibility index (Phi) is 8.21. The quantitative estimate of drug-likeness (QED) is 0.297. The summed E-state index contributed by atoms with van der Waals surface area (Å²) in [6.45, 7) is 4.31. The highest BCUT2D eigenvalue weighted by Gasteiger charge is 2.04. The lowest BCUT2D eigenvalue weighted by molar-refractivity contribution is -0.132. The number of rotatable bonds is 9. The Hall–Kier alpha value is -2.28. The molecule has 136 valence electrons. The van der Waals surface area contributed by atoms with Crippen molar-refractivity contribution in [1.29, 1.82) is 0 Å². The third kappa shape index (κ3) is 6.55. The monoisotopic (exact) mass is 390 g/mol. The average molecular weight is 391 g/mol. The summed E-state index contributed by atoms with van der Waals surface area (Å²) in [5.41, 5.74) is 6.48. The van der Waals surface area contributed by atoms with Crippen molar-refractivity contribution in [2.24, 2.45) is 4.40 Å². The number of carbonyl (C=O) groups is 1. The van der Waals surface area contributed by atoms with Gasteiger partial charge in [-0.2, -0.15) is 0 Å². The van der Waals surface area contributed by atoms with Gasteiger partial charge in [-0.1, -0.05) is 54.6 Å². The molecule has 0 heterocycles. The van der Waals surface area contributed by atoms with Crippen LogP contribution in [0.3, 0.4) is 0 Å². The number of benzene rings is 2. The number of nitrogens with one attached hydrogen (secondary N) is 1. The lowest BCUT2D eigenvalue weighted by atomic mass is 10.1. The second-order valence-electron chi connectivity index (χ2n) is 5.18. The predicted octanol–water partition coefficient (Wildman–Crippen LogP) is 4.42. The molecular weight excluding hydrogens is 372 g/mol. The van der Waals surface area contributed by atoms with E-state index in [0.717, 1.165) is 22.9 Å². The minimum absolute atomic E-state index is 0.365. The van der Waals surface area contributed by atoms with E-state index < -0.39 is 5.97 Å². The van der Waals surface area contributed by atoms with Crippen molar-refractivity contribution < 1.29 is 14.4 Å². The zero-order chi connectivity index (χ0) is 18.8. The van der Waals surface area contributed by atoms with Crippen LogP contribution in [0.1, 0.15) is 16.7 Å². The van der Waals surface area contributed by atoms with Gasteiger partial charge < -0.3 is 4.74 Å². The summed E-state index contributed by atoms with van der Waals surface area (Å²) >= 11 is 7.14.